The molecule has 0 saturated carbocycles. The first-order chi connectivity index (χ1) is 11.1. The van der Waals surface area contributed by atoms with Crippen LogP contribution in [0.3, 0.4) is 0 Å². The molecule has 5 nitrogen and oxygen atoms in total. The van der Waals surface area contributed by atoms with Gasteiger partial charge in [-0.3, -0.25) is 5.32 Å². The molecule has 2 aromatic rings. The van der Waals surface area contributed by atoms with E-state index >= 15 is 0 Å². The summed E-state index contributed by atoms with van der Waals surface area (Å²) in [6, 6.07) is 5.54. The van der Waals surface area contributed by atoms with Gasteiger partial charge in [-0.25, -0.2) is 4.79 Å². The van der Waals surface area contributed by atoms with Gasteiger partial charge in [0.1, 0.15) is 5.01 Å². The Bertz CT molecular complexity index is 654. The maximum absolute atomic E-state index is 12.0. The number of aryl methyl sites for hydroxylation is 3. The Labute approximate surface area is 141 Å². The average molecular weight is 332 g/mol. The van der Waals surface area contributed by atoms with E-state index in [2.05, 4.69) is 27.8 Å². The number of amides is 2. The Hall–Kier alpha value is -1.95. The average Bonchev–Trinajstić information content (AvgIpc) is 2.95. The van der Waals surface area contributed by atoms with E-state index in [1.165, 1.54) is 36.2 Å². The molecule has 0 atom stereocenters. The first-order valence-corrected chi connectivity index (χ1v) is 8.87. The number of benzene rings is 1. The monoisotopic (exact) mass is 332 g/mol. The van der Waals surface area contributed by atoms with Crippen LogP contribution in [-0.2, 0) is 6.42 Å². The number of nitrogens with one attached hydrogen (secondary N) is 2. The quantitative estimate of drug-likeness (QED) is 0.707. The van der Waals surface area contributed by atoms with Gasteiger partial charge in [0, 0.05) is 12.1 Å². The van der Waals surface area contributed by atoms with E-state index in [4.69, 9.17) is 0 Å². The van der Waals surface area contributed by atoms with Crippen molar-refractivity contribution in [2.24, 2.45) is 0 Å². The summed E-state index contributed by atoms with van der Waals surface area (Å²) in [5.41, 5.74) is 3.12. The van der Waals surface area contributed by atoms with Crippen LogP contribution < -0.4 is 10.6 Å². The second-order valence-electron chi connectivity index (χ2n) is 5.69. The number of hydrogen-bond acceptors (Lipinski definition) is 4. The molecule has 0 bridgehead atoms. The summed E-state index contributed by atoms with van der Waals surface area (Å²) in [5.74, 6) is 0. The molecule has 0 unspecified atom stereocenters. The lowest BCUT2D eigenvalue weighted by atomic mass is 10.1. The third-order valence-electron chi connectivity index (χ3n) is 3.70. The Morgan fingerprint density at radius 1 is 1.09 bits per heavy atom. The number of rotatable bonds is 7. The molecular weight excluding hydrogens is 308 g/mol. The van der Waals surface area contributed by atoms with Crippen molar-refractivity contribution in [2.45, 2.75) is 52.9 Å². The summed E-state index contributed by atoms with van der Waals surface area (Å²) in [6.45, 7) is 6.26. The Morgan fingerprint density at radius 2 is 1.91 bits per heavy atom. The van der Waals surface area contributed by atoms with E-state index in [0.29, 0.717) is 5.13 Å². The predicted octanol–water partition coefficient (Wildman–Crippen LogP) is 4.92. The van der Waals surface area contributed by atoms with Crippen molar-refractivity contribution in [3.05, 3.63) is 34.3 Å². The van der Waals surface area contributed by atoms with Gasteiger partial charge < -0.3 is 5.32 Å². The van der Waals surface area contributed by atoms with Crippen molar-refractivity contribution >= 4 is 28.2 Å². The highest BCUT2D eigenvalue weighted by Gasteiger charge is 2.08. The summed E-state index contributed by atoms with van der Waals surface area (Å²) >= 11 is 1.44. The molecule has 2 N–H and O–H groups in total. The topological polar surface area (TPSA) is 66.9 Å². The highest BCUT2D eigenvalue weighted by Crippen LogP contribution is 2.19. The van der Waals surface area contributed by atoms with Crippen LogP contribution in [0.2, 0.25) is 0 Å². The number of carbonyl (C=O) groups is 1. The van der Waals surface area contributed by atoms with E-state index in [-0.39, 0.29) is 6.03 Å². The van der Waals surface area contributed by atoms with Gasteiger partial charge in [0.2, 0.25) is 5.13 Å². The molecular formula is C17H24N4OS. The molecule has 0 aliphatic rings. The number of anilines is 2. The van der Waals surface area contributed by atoms with Crippen molar-refractivity contribution in [1.82, 2.24) is 10.2 Å². The van der Waals surface area contributed by atoms with E-state index < -0.39 is 0 Å². The molecule has 0 spiro atoms. The molecule has 1 aromatic heterocycles. The highest BCUT2D eigenvalue weighted by atomic mass is 32.1. The maximum Gasteiger partial charge on any atom is 0.325 e. The number of unbranched alkanes of at least 4 members (excludes halogenated alkanes) is 3. The largest absolute Gasteiger partial charge is 0.325 e. The van der Waals surface area contributed by atoms with Crippen molar-refractivity contribution < 1.29 is 4.79 Å². The Kier molecular flexibility index (Phi) is 6.52. The fraction of sp³-hybridized carbons (Fsp3) is 0.471. The lowest BCUT2D eigenvalue weighted by Crippen LogP contribution is -2.19. The molecule has 0 radical (unpaired) electrons. The predicted molar refractivity (Wildman–Crippen MR) is 96.3 cm³/mol. The van der Waals surface area contributed by atoms with Gasteiger partial charge in [-0.05, 0) is 43.5 Å². The fourth-order valence-electron chi connectivity index (χ4n) is 2.19. The van der Waals surface area contributed by atoms with Gasteiger partial charge in [0.15, 0.2) is 0 Å². The first-order valence-electron chi connectivity index (χ1n) is 8.06. The first kappa shape index (κ1) is 17.4. The third-order valence-corrected chi connectivity index (χ3v) is 4.59. The normalized spacial score (nSPS) is 10.6. The third kappa shape index (κ3) is 5.63. The molecule has 2 amide bonds. The smallest absolute Gasteiger partial charge is 0.308 e. The van der Waals surface area contributed by atoms with Gasteiger partial charge in [0.25, 0.3) is 0 Å². The van der Waals surface area contributed by atoms with Gasteiger partial charge in [-0.15, -0.1) is 10.2 Å². The van der Waals surface area contributed by atoms with Crippen LogP contribution in [0.25, 0.3) is 0 Å². The summed E-state index contributed by atoms with van der Waals surface area (Å²) in [7, 11) is 0. The second-order valence-corrected chi connectivity index (χ2v) is 6.75. The highest BCUT2D eigenvalue weighted by molar-refractivity contribution is 7.15. The molecule has 6 heteroatoms. The molecule has 2 rings (SSSR count). The van der Waals surface area contributed by atoms with Gasteiger partial charge >= 0.3 is 6.03 Å². The van der Waals surface area contributed by atoms with E-state index in [1.807, 2.05) is 32.0 Å². The summed E-state index contributed by atoms with van der Waals surface area (Å²) in [4.78, 5) is 12.0. The molecule has 23 heavy (non-hydrogen) atoms. The molecule has 0 saturated heterocycles. The van der Waals surface area contributed by atoms with E-state index in [1.54, 1.807) is 0 Å². The minimum Gasteiger partial charge on any atom is -0.308 e. The van der Waals surface area contributed by atoms with Crippen molar-refractivity contribution in [2.75, 3.05) is 10.6 Å². The van der Waals surface area contributed by atoms with Crippen molar-refractivity contribution in [3.63, 3.8) is 0 Å². The standard InChI is InChI=1S/C17H24N4OS/c1-4-5-6-7-8-15-20-21-17(23-15)19-16(22)18-14-10-9-12(2)13(3)11-14/h9-11H,4-8H2,1-3H3,(H2,18,19,21,22). The SMILES string of the molecule is CCCCCCc1nnc(NC(=O)Nc2ccc(C)c(C)c2)s1. The van der Waals surface area contributed by atoms with Crippen LogP contribution in [0.15, 0.2) is 18.2 Å². The summed E-state index contributed by atoms with van der Waals surface area (Å²) < 4.78 is 0. The van der Waals surface area contributed by atoms with E-state index in [0.717, 1.165) is 29.1 Å². The molecule has 0 fully saturated rings. The van der Waals surface area contributed by atoms with Crippen LogP contribution in [-0.4, -0.2) is 16.2 Å². The number of carbonyl (C=O) groups excluding carboxylic acids is 1. The fourth-order valence-corrected chi connectivity index (χ4v) is 2.96. The van der Waals surface area contributed by atoms with Gasteiger partial charge in [-0.1, -0.05) is 43.6 Å². The summed E-state index contributed by atoms with van der Waals surface area (Å²) in [5, 5.41) is 15.2. The molecule has 1 aromatic carbocycles. The number of nitrogens with zero attached hydrogens (tertiary/aromatic N) is 2. The minimum atomic E-state index is -0.290. The van der Waals surface area contributed by atoms with Crippen molar-refractivity contribution in [1.29, 1.82) is 0 Å². The second kappa shape index (κ2) is 8.62. The van der Waals surface area contributed by atoms with Crippen LogP contribution in [0, 0.1) is 13.8 Å². The van der Waals surface area contributed by atoms with E-state index in [9.17, 15) is 4.79 Å². The lowest BCUT2D eigenvalue weighted by Gasteiger charge is -2.07. The molecule has 0 aliphatic heterocycles. The molecule has 0 aliphatic carbocycles. The Balaban J connectivity index is 1.83. The van der Waals surface area contributed by atoms with Crippen LogP contribution in [0.4, 0.5) is 15.6 Å². The summed E-state index contributed by atoms with van der Waals surface area (Å²) in [6.07, 6.45) is 5.74. The Morgan fingerprint density at radius 3 is 2.65 bits per heavy atom. The zero-order valence-electron chi connectivity index (χ0n) is 14.0. The van der Waals surface area contributed by atoms with Gasteiger partial charge in [-0.2, -0.15) is 0 Å². The maximum atomic E-state index is 12.0. The molecule has 124 valence electrons. The van der Waals surface area contributed by atoms with Crippen molar-refractivity contribution in [3.8, 4) is 0 Å². The molecule has 1 heterocycles. The van der Waals surface area contributed by atoms with Crippen LogP contribution >= 0.6 is 11.3 Å². The number of aromatic nitrogens is 2. The van der Waals surface area contributed by atoms with Gasteiger partial charge in [0.05, 0.1) is 0 Å². The zero-order valence-corrected chi connectivity index (χ0v) is 14.8. The minimum absolute atomic E-state index is 0.290. The zero-order chi connectivity index (χ0) is 16.7. The number of hydrogen-bond donors (Lipinski definition) is 2. The lowest BCUT2D eigenvalue weighted by molar-refractivity contribution is 0.262. The van der Waals surface area contributed by atoms with Crippen LogP contribution in [0.1, 0.15) is 48.7 Å². The number of urea groups is 1. The van der Waals surface area contributed by atoms with Crippen LogP contribution in [0.5, 0.6) is 0 Å².